The van der Waals surface area contributed by atoms with Crippen molar-refractivity contribution in [3.8, 4) is 16.9 Å². The number of aromatic carboxylic acids is 1. The van der Waals surface area contributed by atoms with Crippen molar-refractivity contribution in [1.82, 2.24) is 9.78 Å². The molecule has 1 aliphatic heterocycles. The van der Waals surface area contributed by atoms with E-state index >= 15 is 0 Å². The lowest BCUT2D eigenvalue weighted by Crippen LogP contribution is -2.37. The summed E-state index contributed by atoms with van der Waals surface area (Å²) >= 11 is 12.5. The predicted molar refractivity (Wildman–Crippen MR) is 156 cm³/mol. The molecule has 3 aromatic carbocycles. The van der Waals surface area contributed by atoms with Crippen LogP contribution in [-0.2, 0) is 11.3 Å². The molecule has 2 aliphatic rings. The highest BCUT2D eigenvalue weighted by atomic mass is 35.5. The largest absolute Gasteiger partial charge is 0.490 e. The molecular weight excluding hydrogens is 565 g/mol. The summed E-state index contributed by atoms with van der Waals surface area (Å²) in [5.74, 6) is 0.428. The van der Waals surface area contributed by atoms with E-state index < -0.39 is 12.1 Å². The SMILES string of the molecule is Cc1c(Cl)cccc1OCCOC(=O)N1C[C@@H]2C[C@@H]2c2c(-c3cnn(Cc4ccc(C(=O)O)cc4Cl)c3)cccc21. The first-order valence-electron chi connectivity index (χ1n) is 13.3. The molecule has 4 aromatic rings. The highest BCUT2D eigenvalue weighted by molar-refractivity contribution is 6.32. The molecule has 1 N–H and O–H groups in total. The van der Waals surface area contributed by atoms with Gasteiger partial charge in [0.25, 0.3) is 0 Å². The van der Waals surface area contributed by atoms with Gasteiger partial charge in [0.05, 0.1) is 24.0 Å². The van der Waals surface area contributed by atoms with E-state index in [4.69, 9.17) is 32.7 Å². The number of rotatable bonds is 8. The van der Waals surface area contributed by atoms with Crippen LogP contribution in [0.3, 0.4) is 0 Å². The van der Waals surface area contributed by atoms with Gasteiger partial charge >= 0.3 is 12.1 Å². The Kier molecular flexibility index (Phi) is 7.36. The van der Waals surface area contributed by atoms with E-state index in [-0.39, 0.29) is 18.8 Å². The summed E-state index contributed by atoms with van der Waals surface area (Å²) in [5, 5.41) is 14.7. The first kappa shape index (κ1) is 27.2. The zero-order chi connectivity index (χ0) is 28.7. The van der Waals surface area contributed by atoms with Crippen molar-refractivity contribution in [2.75, 3.05) is 24.7 Å². The van der Waals surface area contributed by atoms with Gasteiger partial charge < -0.3 is 14.6 Å². The van der Waals surface area contributed by atoms with Crippen LogP contribution in [0, 0.1) is 12.8 Å². The molecule has 10 heteroatoms. The molecule has 1 aliphatic carbocycles. The summed E-state index contributed by atoms with van der Waals surface area (Å²) in [5.41, 5.74) is 5.72. The number of nitrogens with zero attached hydrogens (tertiary/aromatic N) is 3. The van der Waals surface area contributed by atoms with Gasteiger partial charge in [0, 0.05) is 33.9 Å². The summed E-state index contributed by atoms with van der Waals surface area (Å²) in [7, 11) is 0. The fraction of sp³-hybridized carbons (Fsp3) is 0.258. The van der Waals surface area contributed by atoms with Gasteiger partial charge in [-0.25, -0.2) is 9.59 Å². The number of amides is 1. The number of carboxylic acid groups (broad SMARTS) is 1. The predicted octanol–water partition coefficient (Wildman–Crippen LogP) is 7.05. The maximum Gasteiger partial charge on any atom is 0.414 e. The number of halogens is 2. The zero-order valence-corrected chi connectivity index (χ0v) is 23.7. The van der Waals surface area contributed by atoms with Crippen LogP contribution in [0.5, 0.6) is 5.75 Å². The van der Waals surface area contributed by atoms with Crippen molar-refractivity contribution in [3.05, 3.63) is 99.3 Å². The van der Waals surface area contributed by atoms with Crippen LogP contribution in [0.2, 0.25) is 10.0 Å². The lowest BCUT2D eigenvalue weighted by atomic mass is 9.93. The molecule has 0 unspecified atom stereocenters. The van der Waals surface area contributed by atoms with Gasteiger partial charge in [0.15, 0.2) is 0 Å². The van der Waals surface area contributed by atoms with E-state index in [1.807, 2.05) is 37.4 Å². The van der Waals surface area contributed by atoms with Crippen molar-refractivity contribution in [1.29, 1.82) is 0 Å². The molecule has 1 fully saturated rings. The highest BCUT2D eigenvalue weighted by Crippen LogP contribution is 2.57. The van der Waals surface area contributed by atoms with Crippen LogP contribution in [-0.4, -0.2) is 46.7 Å². The number of fused-ring (bicyclic) bond motifs is 3. The number of aromatic nitrogens is 2. The topological polar surface area (TPSA) is 93.9 Å². The summed E-state index contributed by atoms with van der Waals surface area (Å²) in [6, 6.07) is 16.1. The Hall–Kier alpha value is -4.01. The van der Waals surface area contributed by atoms with Gasteiger partial charge in [0.2, 0.25) is 0 Å². The minimum Gasteiger partial charge on any atom is -0.490 e. The van der Waals surface area contributed by atoms with Crippen LogP contribution in [0.1, 0.15) is 39.4 Å². The Bertz CT molecular complexity index is 1650. The normalized spacial score (nSPS) is 17.0. The first-order chi connectivity index (χ1) is 19.8. The summed E-state index contributed by atoms with van der Waals surface area (Å²) < 4.78 is 13.2. The molecule has 2 atom stereocenters. The molecule has 1 amide bonds. The molecule has 1 aromatic heterocycles. The second-order valence-electron chi connectivity index (χ2n) is 10.3. The standard InChI is InChI=1S/C31H27Cl2N3O5/c1-18-25(32)5-3-7-28(18)40-10-11-41-31(39)36-17-21-12-24(21)29-23(4-2-6-27(29)36)22-14-34-35(16-22)15-20-9-8-19(30(37)38)13-26(20)33/h2-9,13-14,16,21,24H,10-12,15,17H2,1H3,(H,37,38)/t21-,24-/m0/s1. The van der Waals surface area contributed by atoms with E-state index in [9.17, 15) is 14.7 Å². The number of anilines is 1. The van der Waals surface area contributed by atoms with Gasteiger partial charge in [-0.15, -0.1) is 0 Å². The number of hydrogen-bond donors (Lipinski definition) is 1. The van der Waals surface area contributed by atoms with Crippen molar-refractivity contribution in [2.45, 2.75) is 25.8 Å². The molecule has 2 heterocycles. The Morgan fingerprint density at radius 1 is 1.07 bits per heavy atom. The van der Waals surface area contributed by atoms with Gasteiger partial charge in [-0.05, 0) is 72.2 Å². The molecule has 0 saturated heterocycles. The number of ether oxygens (including phenoxy) is 2. The average Bonchev–Trinajstić information content (AvgIpc) is 3.61. The maximum atomic E-state index is 13.2. The van der Waals surface area contributed by atoms with Gasteiger partial charge in [0.1, 0.15) is 19.0 Å². The molecule has 8 nitrogen and oxygen atoms in total. The molecule has 6 rings (SSSR count). The lowest BCUT2D eigenvalue weighted by molar-refractivity contribution is 0.0696. The number of carbonyl (C=O) groups is 2. The van der Waals surface area contributed by atoms with E-state index in [1.165, 1.54) is 12.1 Å². The maximum absolute atomic E-state index is 13.2. The number of benzene rings is 3. The first-order valence-corrected chi connectivity index (χ1v) is 14.1. The second-order valence-corrected chi connectivity index (χ2v) is 11.1. The van der Waals surface area contributed by atoms with Crippen molar-refractivity contribution in [3.63, 3.8) is 0 Å². The van der Waals surface area contributed by atoms with Crippen LogP contribution >= 0.6 is 23.2 Å². The van der Waals surface area contributed by atoms with Gasteiger partial charge in [-0.3, -0.25) is 9.58 Å². The minimum atomic E-state index is -1.02. The van der Waals surface area contributed by atoms with Gasteiger partial charge in [-0.1, -0.05) is 47.5 Å². The number of carboxylic acids is 1. The molecule has 41 heavy (non-hydrogen) atoms. The van der Waals surface area contributed by atoms with E-state index in [0.29, 0.717) is 40.7 Å². The van der Waals surface area contributed by atoms with Crippen LogP contribution in [0.15, 0.2) is 67.0 Å². The third-order valence-electron chi connectivity index (χ3n) is 7.67. The van der Waals surface area contributed by atoms with E-state index in [2.05, 4.69) is 11.2 Å². The monoisotopic (exact) mass is 591 g/mol. The fourth-order valence-electron chi connectivity index (χ4n) is 5.41. The molecule has 0 bridgehead atoms. The van der Waals surface area contributed by atoms with Crippen LogP contribution in [0.25, 0.3) is 11.1 Å². The third kappa shape index (κ3) is 5.49. The molecule has 0 spiro atoms. The number of carbonyl (C=O) groups excluding carboxylic acids is 1. The molecule has 0 radical (unpaired) electrons. The van der Waals surface area contributed by atoms with E-state index in [0.717, 1.165) is 39.9 Å². The summed E-state index contributed by atoms with van der Waals surface area (Å²) in [4.78, 5) is 26.1. The molecule has 210 valence electrons. The summed E-state index contributed by atoms with van der Waals surface area (Å²) in [6.07, 6.45) is 4.38. The van der Waals surface area contributed by atoms with Crippen molar-refractivity contribution >= 4 is 41.0 Å². The highest BCUT2D eigenvalue weighted by Gasteiger charge is 2.48. The third-order valence-corrected chi connectivity index (χ3v) is 8.43. The van der Waals surface area contributed by atoms with Crippen molar-refractivity contribution in [2.24, 2.45) is 5.92 Å². The minimum absolute atomic E-state index is 0.118. The van der Waals surface area contributed by atoms with Crippen molar-refractivity contribution < 1.29 is 24.2 Å². The average molecular weight is 592 g/mol. The van der Waals surface area contributed by atoms with Crippen LogP contribution < -0.4 is 9.64 Å². The quantitative estimate of drug-likeness (QED) is 0.221. The Labute approximate surface area is 247 Å². The second kappa shape index (κ2) is 11.1. The smallest absolute Gasteiger partial charge is 0.414 e. The molecule has 1 saturated carbocycles. The summed E-state index contributed by atoms with van der Waals surface area (Å²) in [6.45, 7) is 3.25. The number of hydrogen-bond acceptors (Lipinski definition) is 5. The van der Waals surface area contributed by atoms with Gasteiger partial charge in [-0.2, -0.15) is 5.10 Å². The Balaban J connectivity index is 1.16. The lowest BCUT2D eigenvalue weighted by Gasteiger charge is -2.29. The fourth-order valence-corrected chi connectivity index (χ4v) is 5.82. The zero-order valence-electron chi connectivity index (χ0n) is 22.2. The molecular formula is C31H27Cl2N3O5. The Morgan fingerprint density at radius 3 is 2.71 bits per heavy atom. The Morgan fingerprint density at radius 2 is 1.90 bits per heavy atom. The van der Waals surface area contributed by atoms with Crippen LogP contribution in [0.4, 0.5) is 10.5 Å². The van der Waals surface area contributed by atoms with E-state index in [1.54, 1.807) is 27.9 Å².